The molecule has 1 atom stereocenters. The van der Waals surface area contributed by atoms with Crippen molar-refractivity contribution in [1.29, 1.82) is 0 Å². The number of aryl methyl sites for hydroxylation is 1. The Kier molecular flexibility index (Phi) is 5.30. The molecule has 3 aromatic carbocycles. The monoisotopic (exact) mass is 399 g/mol. The van der Waals surface area contributed by atoms with Gasteiger partial charge in [0.05, 0.1) is 17.2 Å². The smallest absolute Gasteiger partial charge is 0.319 e. The van der Waals surface area contributed by atoms with Crippen LogP contribution in [0.3, 0.4) is 0 Å². The Morgan fingerprint density at radius 1 is 0.867 bits per heavy atom. The number of nitrogens with zero attached hydrogens (tertiary/aromatic N) is 1. The molecule has 0 fully saturated rings. The third-order valence-corrected chi connectivity index (χ3v) is 5.05. The Hall–Kier alpha value is -3.93. The topological polar surface area (TPSA) is 78.5 Å². The molecule has 0 aliphatic carbocycles. The Labute approximate surface area is 174 Å². The van der Waals surface area contributed by atoms with Crippen LogP contribution < -0.4 is 10.6 Å². The number of hydrogen-bond donors (Lipinski definition) is 2. The fourth-order valence-corrected chi connectivity index (χ4v) is 3.61. The minimum atomic E-state index is -0.623. The highest BCUT2D eigenvalue weighted by Crippen LogP contribution is 2.31. The molecule has 1 aliphatic heterocycles. The Bertz CT molecular complexity index is 1080. The molecule has 6 nitrogen and oxygen atoms in total. The summed E-state index contributed by atoms with van der Waals surface area (Å²) in [7, 11) is 0. The van der Waals surface area contributed by atoms with Crippen LogP contribution in [-0.2, 0) is 0 Å². The van der Waals surface area contributed by atoms with Crippen molar-refractivity contribution in [3.63, 3.8) is 0 Å². The number of carbonyl (C=O) groups excluding carboxylic acids is 3. The first-order valence-corrected chi connectivity index (χ1v) is 9.68. The standard InChI is InChI=1S/C24H21N3O3/c1-16-8-7-11-18(14-16)26-24(30)25-15-21(17-9-3-2-4-10-17)27-22(28)19-12-5-6-13-20(19)23(27)29/h2-14,21H,15H2,1H3,(H2,25,26,30). The number of urea groups is 1. The summed E-state index contributed by atoms with van der Waals surface area (Å²) in [6, 6.07) is 22.4. The van der Waals surface area contributed by atoms with Crippen molar-refractivity contribution in [2.24, 2.45) is 0 Å². The molecule has 0 radical (unpaired) electrons. The molecule has 0 spiro atoms. The van der Waals surface area contributed by atoms with Crippen molar-refractivity contribution in [1.82, 2.24) is 10.2 Å². The van der Waals surface area contributed by atoms with Gasteiger partial charge in [0.2, 0.25) is 0 Å². The van der Waals surface area contributed by atoms with Crippen LogP contribution in [0.15, 0.2) is 78.9 Å². The first kappa shape index (κ1) is 19.4. The lowest BCUT2D eigenvalue weighted by atomic mass is 10.1. The van der Waals surface area contributed by atoms with Crippen LogP contribution in [0.5, 0.6) is 0 Å². The van der Waals surface area contributed by atoms with Crippen LogP contribution in [0.4, 0.5) is 10.5 Å². The maximum absolute atomic E-state index is 13.0. The van der Waals surface area contributed by atoms with E-state index < -0.39 is 12.1 Å². The highest BCUT2D eigenvalue weighted by molar-refractivity contribution is 6.21. The first-order valence-electron chi connectivity index (χ1n) is 9.68. The number of imide groups is 1. The number of benzene rings is 3. The van der Waals surface area contributed by atoms with Gasteiger partial charge in [0.25, 0.3) is 11.8 Å². The summed E-state index contributed by atoms with van der Waals surface area (Å²) in [6.45, 7) is 2.03. The van der Waals surface area contributed by atoms with Gasteiger partial charge in [-0.1, -0.05) is 54.6 Å². The zero-order valence-electron chi connectivity index (χ0n) is 16.5. The maximum atomic E-state index is 13.0. The van der Waals surface area contributed by atoms with E-state index in [-0.39, 0.29) is 18.4 Å². The van der Waals surface area contributed by atoms with Crippen molar-refractivity contribution in [2.75, 3.05) is 11.9 Å². The number of anilines is 1. The molecule has 4 amide bonds. The lowest BCUT2D eigenvalue weighted by molar-refractivity contribution is 0.0582. The van der Waals surface area contributed by atoms with Gasteiger partial charge in [0.1, 0.15) is 0 Å². The Morgan fingerprint density at radius 3 is 2.13 bits per heavy atom. The zero-order valence-corrected chi connectivity index (χ0v) is 16.5. The SMILES string of the molecule is Cc1cccc(NC(=O)NCC(c2ccccc2)N2C(=O)c3ccccc3C2=O)c1. The molecule has 4 rings (SSSR count). The molecule has 0 saturated heterocycles. The summed E-state index contributed by atoms with van der Waals surface area (Å²) in [5.41, 5.74) is 3.23. The molecule has 150 valence electrons. The molecule has 1 aliphatic rings. The van der Waals surface area contributed by atoms with Crippen LogP contribution in [0.25, 0.3) is 0 Å². The number of rotatable bonds is 5. The van der Waals surface area contributed by atoms with Crippen LogP contribution in [0, 0.1) is 6.92 Å². The molecule has 0 saturated carbocycles. The molecule has 3 aromatic rings. The van der Waals surface area contributed by atoms with Gasteiger partial charge in [-0.25, -0.2) is 4.79 Å². The number of nitrogens with one attached hydrogen (secondary N) is 2. The molecule has 2 N–H and O–H groups in total. The van der Waals surface area contributed by atoms with Crippen molar-refractivity contribution in [2.45, 2.75) is 13.0 Å². The summed E-state index contributed by atoms with van der Waals surface area (Å²) >= 11 is 0. The largest absolute Gasteiger partial charge is 0.335 e. The summed E-state index contributed by atoms with van der Waals surface area (Å²) in [4.78, 5) is 39.6. The summed E-state index contributed by atoms with van der Waals surface area (Å²) in [5.74, 6) is -0.712. The van der Waals surface area contributed by atoms with Crippen LogP contribution in [0.2, 0.25) is 0 Å². The predicted molar refractivity (Wildman–Crippen MR) is 114 cm³/mol. The van der Waals surface area contributed by atoms with Crippen LogP contribution >= 0.6 is 0 Å². The predicted octanol–water partition coefficient (Wildman–Crippen LogP) is 4.15. The van der Waals surface area contributed by atoms with Gasteiger partial charge in [-0.2, -0.15) is 0 Å². The number of fused-ring (bicyclic) bond motifs is 1. The van der Waals surface area contributed by atoms with Gasteiger partial charge in [0.15, 0.2) is 0 Å². The average molecular weight is 399 g/mol. The molecular weight excluding hydrogens is 378 g/mol. The Balaban J connectivity index is 1.55. The van der Waals surface area contributed by atoms with Crippen molar-refractivity contribution < 1.29 is 14.4 Å². The lowest BCUT2D eigenvalue weighted by Gasteiger charge is -2.27. The molecule has 0 aromatic heterocycles. The maximum Gasteiger partial charge on any atom is 0.319 e. The summed E-state index contributed by atoms with van der Waals surface area (Å²) in [5, 5.41) is 5.58. The van der Waals surface area contributed by atoms with E-state index >= 15 is 0 Å². The van der Waals surface area contributed by atoms with Crippen molar-refractivity contribution in [3.05, 3.63) is 101 Å². The minimum absolute atomic E-state index is 0.0904. The van der Waals surface area contributed by atoms with Crippen LogP contribution in [0.1, 0.15) is 37.9 Å². The van der Waals surface area contributed by atoms with Gasteiger partial charge >= 0.3 is 6.03 Å². The fraction of sp³-hybridized carbons (Fsp3) is 0.125. The minimum Gasteiger partial charge on any atom is -0.335 e. The number of amides is 4. The van der Waals surface area contributed by atoms with E-state index in [2.05, 4.69) is 10.6 Å². The molecule has 1 heterocycles. The molecule has 1 unspecified atom stereocenters. The summed E-state index contributed by atoms with van der Waals surface area (Å²) in [6.07, 6.45) is 0. The third kappa shape index (κ3) is 3.80. The second kappa shape index (κ2) is 8.21. The highest BCUT2D eigenvalue weighted by Gasteiger charge is 2.40. The van der Waals surface area contributed by atoms with Gasteiger partial charge in [-0.3, -0.25) is 14.5 Å². The molecule has 0 bridgehead atoms. The van der Waals surface area contributed by atoms with E-state index in [4.69, 9.17) is 0 Å². The van der Waals surface area contributed by atoms with E-state index in [1.165, 1.54) is 4.90 Å². The highest BCUT2D eigenvalue weighted by atomic mass is 16.2. The quantitative estimate of drug-likeness (QED) is 0.633. The van der Waals surface area contributed by atoms with E-state index in [0.29, 0.717) is 16.8 Å². The van der Waals surface area contributed by atoms with E-state index in [0.717, 1.165) is 11.1 Å². The number of carbonyl (C=O) groups is 3. The molecule has 6 heteroatoms. The van der Waals surface area contributed by atoms with E-state index in [9.17, 15) is 14.4 Å². The number of hydrogen-bond acceptors (Lipinski definition) is 3. The van der Waals surface area contributed by atoms with Gasteiger partial charge < -0.3 is 10.6 Å². The van der Waals surface area contributed by atoms with Crippen molar-refractivity contribution >= 4 is 23.5 Å². The van der Waals surface area contributed by atoms with E-state index in [1.807, 2.05) is 55.5 Å². The Morgan fingerprint density at radius 2 is 1.50 bits per heavy atom. The second-order valence-electron chi connectivity index (χ2n) is 7.16. The second-order valence-corrected chi connectivity index (χ2v) is 7.16. The lowest BCUT2D eigenvalue weighted by Crippen LogP contribution is -2.42. The van der Waals surface area contributed by atoms with Crippen LogP contribution in [-0.4, -0.2) is 29.3 Å². The van der Waals surface area contributed by atoms with E-state index in [1.54, 1.807) is 30.3 Å². The first-order chi connectivity index (χ1) is 14.5. The zero-order chi connectivity index (χ0) is 21.1. The normalized spacial score (nSPS) is 13.7. The van der Waals surface area contributed by atoms with Gasteiger partial charge in [-0.15, -0.1) is 0 Å². The van der Waals surface area contributed by atoms with Crippen molar-refractivity contribution in [3.8, 4) is 0 Å². The average Bonchev–Trinajstić information content (AvgIpc) is 3.00. The molecular formula is C24H21N3O3. The van der Waals surface area contributed by atoms with Gasteiger partial charge in [0, 0.05) is 12.2 Å². The summed E-state index contributed by atoms with van der Waals surface area (Å²) < 4.78 is 0. The third-order valence-electron chi connectivity index (χ3n) is 5.05. The molecule has 30 heavy (non-hydrogen) atoms. The fourth-order valence-electron chi connectivity index (χ4n) is 3.61. The van der Waals surface area contributed by atoms with Gasteiger partial charge in [-0.05, 0) is 42.3 Å².